The second kappa shape index (κ2) is 8.58. The third-order valence-electron chi connectivity index (χ3n) is 5.69. The number of hydrogen-bond acceptors (Lipinski definition) is 7. The zero-order valence-corrected chi connectivity index (χ0v) is 18.5. The molecule has 2 aromatic rings. The van der Waals surface area contributed by atoms with Crippen LogP contribution in [0.15, 0.2) is 35.6 Å². The van der Waals surface area contributed by atoms with Gasteiger partial charge < -0.3 is 15.1 Å². The molecule has 0 saturated carbocycles. The summed E-state index contributed by atoms with van der Waals surface area (Å²) < 4.78 is 37.2. The first kappa shape index (κ1) is 21.8. The molecule has 1 atom stereocenters. The van der Waals surface area contributed by atoms with Crippen LogP contribution in [0.25, 0.3) is 0 Å². The average molecular weight is 468 g/mol. The predicted octanol–water partition coefficient (Wildman–Crippen LogP) is 2.35. The van der Waals surface area contributed by atoms with Crippen LogP contribution < -0.4 is 10.2 Å². The molecule has 2 aliphatic rings. The highest BCUT2D eigenvalue weighted by molar-refractivity contribution is 7.90. The lowest BCUT2D eigenvalue weighted by Gasteiger charge is -2.37. The van der Waals surface area contributed by atoms with E-state index in [9.17, 15) is 17.6 Å². The number of piperidine rings is 1. The largest absolute Gasteiger partial charge is 0.372 e. The number of carbonyl (C=O) groups is 1. The van der Waals surface area contributed by atoms with Gasteiger partial charge in [-0.1, -0.05) is 11.6 Å². The second-order valence-corrected chi connectivity index (χ2v) is 10.3. The first-order chi connectivity index (χ1) is 14.7. The molecule has 0 radical (unpaired) electrons. The van der Waals surface area contributed by atoms with E-state index in [4.69, 9.17) is 11.6 Å². The number of nitrogens with zero attached hydrogens (tertiary/aromatic N) is 4. The number of halogens is 2. The van der Waals surface area contributed by atoms with Crippen molar-refractivity contribution < 1.29 is 17.6 Å². The maximum absolute atomic E-state index is 14.1. The Morgan fingerprint density at radius 3 is 2.48 bits per heavy atom. The van der Waals surface area contributed by atoms with Gasteiger partial charge in [-0.2, -0.15) is 0 Å². The van der Waals surface area contributed by atoms with Crippen molar-refractivity contribution in [1.82, 2.24) is 14.9 Å². The van der Waals surface area contributed by atoms with Gasteiger partial charge in [-0.25, -0.2) is 22.8 Å². The average Bonchev–Trinajstić information content (AvgIpc) is 3.08. The standard InChI is InChI=1S/C20H23ClFN5O3S/c1-31(29,30)18-3-2-14(12-23-18)25-17-6-9-27(20(17)28)15-4-7-26(8-5-15)19-16(22)10-13(21)11-24-19/h2-3,10-12,15,17,25H,4-9H2,1H3/t17-/m0/s1. The Morgan fingerprint density at radius 1 is 1.13 bits per heavy atom. The Bertz CT molecular complexity index is 1070. The predicted molar refractivity (Wildman–Crippen MR) is 116 cm³/mol. The smallest absolute Gasteiger partial charge is 0.245 e. The lowest BCUT2D eigenvalue weighted by Crippen LogP contribution is -2.47. The molecule has 0 spiro atoms. The fraction of sp³-hybridized carbons (Fsp3) is 0.450. The Kier molecular flexibility index (Phi) is 6.02. The Morgan fingerprint density at radius 2 is 1.87 bits per heavy atom. The molecule has 166 valence electrons. The van der Waals surface area contributed by atoms with Gasteiger partial charge in [-0.3, -0.25) is 4.79 Å². The molecule has 2 saturated heterocycles. The number of carbonyl (C=O) groups excluding carboxylic acids is 1. The van der Waals surface area contributed by atoms with Crippen molar-refractivity contribution in [3.05, 3.63) is 41.4 Å². The van der Waals surface area contributed by atoms with Crippen molar-refractivity contribution in [3.8, 4) is 0 Å². The van der Waals surface area contributed by atoms with Gasteiger partial charge in [0, 0.05) is 38.1 Å². The number of hydrogen-bond donors (Lipinski definition) is 1. The molecule has 11 heteroatoms. The lowest BCUT2D eigenvalue weighted by atomic mass is 10.0. The number of nitrogens with one attached hydrogen (secondary N) is 1. The number of aromatic nitrogens is 2. The molecule has 0 bridgehead atoms. The number of pyridine rings is 2. The molecule has 2 fully saturated rings. The molecule has 0 aliphatic carbocycles. The van der Waals surface area contributed by atoms with E-state index in [1.54, 1.807) is 6.07 Å². The normalized spacial score (nSPS) is 20.4. The van der Waals surface area contributed by atoms with Crippen LogP contribution >= 0.6 is 11.6 Å². The lowest BCUT2D eigenvalue weighted by molar-refractivity contribution is -0.130. The molecule has 31 heavy (non-hydrogen) atoms. The first-order valence-electron chi connectivity index (χ1n) is 10.0. The van der Waals surface area contributed by atoms with Gasteiger partial charge >= 0.3 is 0 Å². The number of rotatable bonds is 5. The molecule has 1 amide bonds. The zero-order chi connectivity index (χ0) is 22.2. The van der Waals surface area contributed by atoms with Gasteiger partial charge in [0.2, 0.25) is 5.91 Å². The maximum Gasteiger partial charge on any atom is 0.245 e. The van der Waals surface area contributed by atoms with Crippen molar-refractivity contribution in [2.24, 2.45) is 0 Å². The van der Waals surface area contributed by atoms with Crippen molar-refractivity contribution >= 4 is 38.9 Å². The molecule has 4 rings (SSSR count). The van der Waals surface area contributed by atoms with Crippen molar-refractivity contribution in [2.45, 2.75) is 36.4 Å². The summed E-state index contributed by atoms with van der Waals surface area (Å²) in [4.78, 5) is 24.7. The minimum atomic E-state index is -3.36. The van der Waals surface area contributed by atoms with Crippen LogP contribution in [0.2, 0.25) is 5.02 Å². The fourth-order valence-corrected chi connectivity index (χ4v) is 4.82. The van der Waals surface area contributed by atoms with Gasteiger partial charge in [0.15, 0.2) is 26.5 Å². The van der Waals surface area contributed by atoms with Crippen LogP contribution in [0.3, 0.4) is 0 Å². The zero-order valence-electron chi connectivity index (χ0n) is 17.0. The van der Waals surface area contributed by atoms with E-state index in [1.165, 1.54) is 24.5 Å². The van der Waals surface area contributed by atoms with E-state index >= 15 is 0 Å². The highest BCUT2D eigenvalue weighted by Gasteiger charge is 2.37. The maximum atomic E-state index is 14.1. The molecule has 8 nitrogen and oxygen atoms in total. The SMILES string of the molecule is CS(=O)(=O)c1ccc(N[C@H]2CCN(C3CCN(c4ncc(Cl)cc4F)CC3)C2=O)cn1. The van der Waals surface area contributed by atoms with Gasteiger partial charge in [-0.05, 0) is 37.5 Å². The van der Waals surface area contributed by atoms with Crippen molar-refractivity contribution in [2.75, 3.05) is 36.1 Å². The van der Waals surface area contributed by atoms with Crippen LogP contribution in [-0.4, -0.2) is 67.2 Å². The Balaban J connectivity index is 1.34. The third kappa shape index (κ3) is 4.74. The summed E-state index contributed by atoms with van der Waals surface area (Å²) in [6, 6.07) is 4.02. The van der Waals surface area contributed by atoms with E-state index in [2.05, 4.69) is 15.3 Å². The fourth-order valence-electron chi connectivity index (χ4n) is 4.11. The molecular weight excluding hydrogens is 445 g/mol. The molecule has 1 N–H and O–H groups in total. The molecule has 4 heterocycles. The summed E-state index contributed by atoms with van der Waals surface area (Å²) in [5, 5.41) is 3.41. The van der Waals surface area contributed by atoms with E-state index in [0.29, 0.717) is 37.6 Å². The molecular formula is C20H23ClFN5O3S. The molecule has 0 unspecified atom stereocenters. The monoisotopic (exact) mass is 467 g/mol. The topological polar surface area (TPSA) is 95.5 Å². The van der Waals surface area contributed by atoms with Crippen LogP contribution in [0.5, 0.6) is 0 Å². The number of likely N-dealkylation sites (tertiary alicyclic amines) is 1. The number of anilines is 2. The molecule has 2 aliphatic heterocycles. The van der Waals surface area contributed by atoms with Crippen LogP contribution in [0.4, 0.5) is 15.9 Å². The summed E-state index contributed by atoms with van der Waals surface area (Å²) in [6.45, 7) is 1.85. The van der Waals surface area contributed by atoms with Gasteiger partial charge in [0.05, 0.1) is 16.9 Å². The summed E-state index contributed by atoms with van der Waals surface area (Å²) in [5.41, 5.74) is 0.603. The molecule has 2 aromatic heterocycles. The van der Waals surface area contributed by atoms with Crippen LogP contribution in [0, 0.1) is 5.82 Å². The van der Waals surface area contributed by atoms with E-state index in [1.807, 2.05) is 9.80 Å². The number of amides is 1. The van der Waals surface area contributed by atoms with Gasteiger partial charge in [0.25, 0.3) is 0 Å². The summed E-state index contributed by atoms with van der Waals surface area (Å²) in [7, 11) is -3.36. The minimum Gasteiger partial charge on any atom is -0.372 e. The van der Waals surface area contributed by atoms with Crippen LogP contribution in [0.1, 0.15) is 19.3 Å². The van der Waals surface area contributed by atoms with E-state index in [0.717, 1.165) is 19.1 Å². The first-order valence-corrected chi connectivity index (χ1v) is 12.3. The quantitative estimate of drug-likeness (QED) is 0.721. The number of sulfone groups is 1. The summed E-state index contributed by atoms with van der Waals surface area (Å²) in [5.74, 6) is -0.135. The highest BCUT2D eigenvalue weighted by Crippen LogP contribution is 2.28. The third-order valence-corrected chi connectivity index (χ3v) is 6.90. The van der Waals surface area contributed by atoms with Gasteiger partial charge in [-0.15, -0.1) is 0 Å². The van der Waals surface area contributed by atoms with Crippen molar-refractivity contribution in [1.29, 1.82) is 0 Å². The Labute approximate surface area is 185 Å². The van der Waals surface area contributed by atoms with Crippen molar-refractivity contribution in [3.63, 3.8) is 0 Å². The highest BCUT2D eigenvalue weighted by atomic mass is 35.5. The summed E-state index contributed by atoms with van der Waals surface area (Å²) >= 11 is 5.78. The summed E-state index contributed by atoms with van der Waals surface area (Å²) in [6.07, 6.45) is 6.07. The molecule has 0 aromatic carbocycles. The van der Waals surface area contributed by atoms with E-state index in [-0.39, 0.29) is 28.0 Å². The Hall–Kier alpha value is -2.46. The van der Waals surface area contributed by atoms with E-state index < -0.39 is 15.7 Å². The van der Waals surface area contributed by atoms with Gasteiger partial charge in [0.1, 0.15) is 6.04 Å². The van der Waals surface area contributed by atoms with Crippen LogP contribution in [-0.2, 0) is 14.6 Å². The minimum absolute atomic E-state index is 0.00389. The second-order valence-electron chi connectivity index (χ2n) is 7.85.